The smallest absolute Gasteiger partial charge is 0.319 e. The van der Waals surface area contributed by atoms with Gasteiger partial charge in [-0.1, -0.05) is 12.8 Å². The maximum atomic E-state index is 13.7. The Morgan fingerprint density at radius 1 is 1.38 bits per heavy atom. The van der Waals surface area contributed by atoms with Crippen LogP contribution in [0.5, 0.6) is 0 Å². The van der Waals surface area contributed by atoms with Crippen LogP contribution < -0.4 is 10.6 Å². The molecule has 2 amide bonds. The zero-order chi connectivity index (χ0) is 15.4. The molecular formula is C14H19FN2O3S. The molecule has 0 saturated heterocycles. The van der Waals surface area contributed by atoms with Crippen LogP contribution in [0.25, 0.3) is 0 Å². The number of amides is 2. The molecule has 116 valence electrons. The number of aliphatic hydroxyl groups excluding tert-OH is 1. The first-order valence-corrected chi connectivity index (χ1v) is 8.41. The molecule has 1 fully saturated rings. The van der Waals surface area contributed by atoms with Crippen molar-refractivity contribution in [3.05, 3.63) is 24.0 Å². The Kier molecular flexibility index (Phi) is 5.30. The predicted octanol–water partition coefficient (Wildman–Crippen LogP) is 1.99. The lowest BCUT2D eigenvalue weighted by molar-refractivity contribution is 0.0955. The van der Waals surface area contributed by atoms with Crippen LogP contribution in [0.2, 0.25) is 0 Å². The van der Waals surface area contributed by atoms with E-state index in [1.165, 1.54) is 18.4 Å². The van der Waals surface area contributed by atoms with Crippen molar-refractivity contribution in [1.82, 2.24) is 5.32 Å². The number of carbonyl (C=O) groups is 1. The maximum Gasteiger partial charge on any atom is 0.319 e. The van der Waals surface area contributed by atoms with E-state index in [4.69, 9.17) is 0 Å². The molecule has 0 heterocycles. The molecular weight excluding hydrogens is 295 g/mol. The van der Waals surface area contributed by atoms with E-state index >= 15 is 0 Å². The fourth-order valence-corrected chi connectivity index (χ4v) is 3.02. The average Bonchev–Trinajstić information content (AvgIpc) is 2.41. The Labute approximate surface area is 125 Å². The lowest BCUT2D eigenvalue weighted by atomic mass is 9.93. The SMILES string of the molecule is CS(=O)c1ccc(NC(=O)NC2CCCCC2O)cc1F. The van der Waals surface area contributed by atoms with E-state index in [0.717, 1.165) is 25.3 Å². The summed E-state index contributed by atoms with van der Waals surface area (Å²) in [7, 11) is -1.41. The summed E-state index contributed by atoms with van der Waals surface area (Å²) in [5, 5.41) is 15.0. The Bertz CT molecular complexity index is 553. The molecule has 1 saturated carbocycles. The van der Waals surface area contributed by atoms with E-state index in [1.54, 1.807) is 0 Å². The van der Waals surface area contributed by atoms with Crippen molar-refractivity contribution in [2.24, 2.45) is 0 Å². The van der Waals surface area contributed by atoms with Gasteiger partial charge in [0.15, 0.2) is 0 Å². The molecule has 1 aromatic carbocycles. The second kappa shape index (κ2) is 7.00. The lowest BCUT2D eigenvalue weighted by Crippen LogP contribution is -2.46. The van der Waals surface area contributed by atoms with Crippen molar-refractivity contribution in [2.75, 3.05) is 11.6 Å². The third-order valence-electron chi connectivity index (χ3n) is 3.55. The Morgan fingerprint density at radius 2 is 2.10 bits per heavy atom. The largest absolute Gasteiger partial charge is 0.391 e. The monoisotopic (exact) mass is 314 g/mol. The highest BCUT2D eigenvalue weighted by atomic mass is 32.2. The van der Waals surface area contributed by atoms with Crippen LogP contribution in [-0.4, -0.2) is 33.7 Å². The summed E-state index contributed by atoms with van der Waals surface area (Å²) in [6.07, 6.45) is 4.19. The van der Waals surface area contributed by atoms with Gasteiger partial charge >= 0.3 is 6.03 Å². The normalized spacial score (nSPS) is 23.4. The highest BCUT2D eigenvalue weighted by Gasteiger charge is 2.24. The summed E-state index contributed by atoms with van der Waals surface area (Å²) in [4.78, 5) is 11.9. The van der Waals surface area contributed by atoms with Crippen molar-refractivity contribution >= 4 is 22.5 Å². The predicted molar refractivity (Wildman–Crippen MR) is 79.1 cm³/mol. The summed E-state index contributed by atoms with van der Waals surface area (Å²) in [6.45, 7) is 0. The summed E-state index contributed by atoms with van der Waals surface area (Å²) >= 11 is 0. The third kappa shape index (κ3) is 4.25. The van der Waals surface area contributed by atoms with Crippen LogP contribution in [0.15, 0.2) is 23.1 Å². The maximum absolute atomic E-state index is 13.7. The summed E-state index contributed by atoms with van der Waals surface area (Å²) in [5.41, 5.74) is 0.282. The van der Waals surface area contributed by atoms with Gasteiger partial charge in [0.1, 0.15) is 5.82 Å². The van der Waals surface area contributed by atoms with E-state index < -0.39 is 28.8 Å². The van der Waals surface area contributed by atoms with Crippen molar-refractivity contribution in [3.63, 3.8) is 0 Å². The summed E-state index contributed by atoms with van der Waals surface area (Å²) in [6, 6.07) is 3.26. The standard InChI is InChI=1S/C14H19FN2O3S/c1-21(20)13-7-6-9(8-10(13)15)16-14(19)17-11-4-2-3-5-12(11)18/h6-8,11-12,18H,2-5H2,1H3,(H2,16,17,19). The quantitative estimate of drug-likeness (QED) is 0.798. The van der Waals surface area contributed by atoms with E-state index in [0.29, 0.717) is 6.42 Å². The molecule has 21 heavy (non-hydrogen) atoms. The van der Waals surface area contributed by atoms with Crippen molar-refractivity contribution in [2.45, 2.75) is 42.7 Å². The van der Waals surface area contributed by atoms with E-state index in [-0.39, 0.29) is 16.6 Å². The number of hydrogen-bond donors (Lipinski definition) is 3. The number of nitrogens with one attached hydrogen (secondary N) is 2. The van der Waals surface area contributed by atoms with Gasteiger partial charge in [0.2, 0.25) is 0 Å². The molecule has 2 rings (SSSR count). The molecule has 1 aromatic rings. The molecule has 0 bridgehead atoms. The van der Waals surface area contributed by atoms with Crippen molar-refractivity contribution in [1.29, 1.82) is 0 Å². The Morgan fingerprint density at radius 3 is 2.71 bits per heavy atom. The number of carbonyl (C=O) groups excluding carboxylic acids is 1. The third-order valence-corrected chi connectivity index (χ3v) is 4.50. The number of aliphatic hydroxyl groups is 1. The Balaban J connectivity index is 1.96. The van der Waals surface area contributed by atoms with Gasteiger partial charge in [-0.2, -0.15) is 0 Å². The average molecular weight is 314 g/mol. The molecule has 7 heteroatoms. The van der Waals surface area contributed by atoms with E-state index in [2.05, 4.69) is 10.6 Å². The van der Waals surface area contributed by atoms with Crippen LogP contribution in [0, 0.1) is 5.82 Å². The zero-order valence-corrected chi connectivity index (χ0v) is 12.6. The lowest BCUT2D eigenvalue weighted by Gasteiger charge is -2.28. The van der Waals surface area contributed by atoms with E-state index in [9.17, 15) is 18.5 Å². The molecule has 3 N–H and O–H groups in total. The Hall–Kier alpha value is -1.47. The van der Waals surface area contributed by atoms with Gasteiger partial charge in [0, 0.05) is 11.9 Å². The van der Waals surface area contributed by atoms with Crippen LogP contribution in [0.3, 0.4) is 0 Å². The number of urea groups is 1. The second-order valence-corrected chi connectivity index (χ2v) is 6.50. The minimum atomic E-state index is -1.41. The van der Waals surface area contributed by atoms with Crippen LogP contribution in [0.4, 0.5) is 14.9 Å². The highest BCUT2D eigenvalue weighted by Crippen LogP contribution is 2.19. The zero-order valence-electron chi connectivity index (χ0n) is 11.8. The topological polar surface area (TPSA) is 78.4 Å². The van der Waals surface area contributed by atoms with Crippen molar-refractivity contribution < 1.29 is 18.5 Å². The fourth-order valence-electron chi connectivity index (χ4n) is 2.43. The van der Waals surface area contributed by atoms with Gasteiger partial charge < -0.3 is 15.7 Å². The first-order valence-electron chi connectivity index (χ1n) is 6.86. The molecule has 0 radical (unpaired) electrons. The molecule has 3 atom stereocenters. The molecule has 3 unspecified atom stereocenters. The molecule has 0 aromatic heterocycles. The van der Waals surface area contributed by atoms with Gasteiger partial charge in [0.05, 0.1) is 27.8 Å². The van der Waals surface area contributed by atoms with Gasteiger partial charge in [-0.05, 0) is 31.0 Å². The number of benzene rings is 1. The number of halogens is 1. The second-order valence-electron chi connectivity index (χ2n) is 5.16. The van der Waals surface area contributed by atoms with E-state index in [1.807, 2.05) is 0 Å². The molecule has 0 spiro atoms. The number of anilines is 1. The first-order chi connectivity index (χ1) is 9.97. The van der Waals surface area contributed by atoms with Gasteiger partial charge in [-0.3, -0.25) is 4.21 Å². The number of hydrogen-bond acceptors (Lipinski definition) is 3. The van der Waals surface area contributed by atoms with Crippen molar-refractivity contribution in [3.8, 4) is 0 Å². The highest BCUT2D eigenvalue weighted by molar-refractivity contribution is 7.84. The first kappa shape index (κ1) is 15.9. The minimum Gasteiger partial charge on any atom is -0.391 e. The summed E-state index contributed by atoms with van der Waals surface area (Å²) in [5.74, 6) is -0.619. The van der Waals surface area contributed by atoms with Gasteiger partial charge in [0.25, 0.3) is 0 Å². The van der Waals surface area contributed by atoms with Gasteiger partial charge in [-0.15, -0.1) is 0 Å². The molecule has 1 aliphatic carbocycles. The summed E-state index contributed by atoms with van der Waals surface area (Å²) < 4.78 is 24.9. The van der Waals surface area contributed by atoms with Crippen LogP contribution in [0.1, 0.15) is 25.7 Å². The molecule has 5 nitrogen and oxygen atoms in total. The number of rotatable bonds is 3. The minimum absolute atomic E-state index is 0.101. The fraction of sp³-hybridized carbons (Fsp3) is 0.500. The molecule has 0 aliphatic heterocycles. The molecule has 1 aliphatic rings. The van der Waals surface area contributed by atoms with Gasteiger partial charge in [-0.25, -0.2) is 9.18 Å². The van der Waals surface area contributed by atoms with Crippen LogP contribution in [-0.2, 0) is 10.8 Å². The van der Waals surface area contributed by atoms with Crippen LogP contribution >= 0.6 is 0 Å².